The molecule has 0 radical (unpaired) electrons. The van der Waals surface area contributed by atoms with Gasteiger partial charge in [-0.15, -0.1) is 0 Å². The van der Waals surface area contributed by atoms with Crippen molar-refractivity contribution in [3.8, 4) is 0 Å². The average molecular weight is 278 g/mol. The predicted octanol–water partition coefficient (Wildman–Crippen LogP) is 2.93. The van der Waals surface area contributed by atoms with E-state index in [1.807, 2.05) is 39.1 Å². The molecular formula is C16H26N2O2. The number of carbonyl (C=O) groups is 1. The summed E-state index contributed by atoms with van der Waals surface area (Å²) in [6.45, 7) is 8.82. The number of aryl methyl sites for hydroxylation is 1. The van der Waals surface area contributed by atoms with E-state index in [2.05, 4.69) is 12.2 Å². The summed E-state index contributed by atoms with van der Waals surface area (Å²) >= 11 is 0. The lowest BCUT2D eigenvalue weighted by Crippen LogP contribution is -2.30. The number of nitrogens with zero attached hydrogens (tertiary/aromatic N) is 1. The van der Waals surface area contributed by atoms with Gasteiger partial charge < -0.3 is 15.0 Å². The van der Waals surface area contributed by atoms with Gasteiger partial charge >= 0.3 is 0 Å². The molecule has 0 aliphatic heterocycles. The molecule has 0 saturated heterocycles. The van der Waals surface area contributed by atoms with Crippen molar-refractivity contribution in [2.45, 2.75) is 27.2 Å². The van der Waals surface area contributed by atoms with E-state index in [1.165, 1.54) is 0 Å². The van der Waals surface area contributed by atoms with E-state index in [0.717, 1.165) is 29.8 Å². The normalized spacial score (nSPS) is 10.4. The van der Waals surface area contributed by atoms with Gasteiger partial charge in [-0.3, -0.25) is 4.79 Å². The van der Waals surface area contributed by atoms with Gasteiger partial charge in [0.05, 0.1) is 12.2 Å². The van der Waals surface area contributed by atoms with Crippen molar-refractivity contribution in [2.24, 2.45) is 0 Å². The number of likely N-dealkylation sites (N-methyl/N-ethyl adjacent to an activating group) is 1. The van der Waals surface area contributed by atoms with Crippen LogP contribution in [-0.2, 0) is 4.74 Å². The van der Waals surface area contributed by atoms with Crippen LogP contribution < -0.4 is 5.32 Å². The van der Waals surface area contributed by atoms with Gasteiger partial charge in [0.25, 0.3) is 5.91 Å². The maximum absolute atomic E-state index is 12.5. The molecule has 0 aromatic heterocycles. The minimum Gasteiger partial charge on any atom is -0.384 e. The number of ether oxygens (including phenoxy) is 1. The zero-order valence-corrected chi connectivity index (χ0v) is 13.0. The standard InChI is InChI=1S/C16H26N2O2/c1-5-9-17-15-12-13(3)7-8-14(15)16(19)18(4)10-11-20-6-2/h7-8,12,17H,5-6,9-11H2,1-4H3. The molecule has 112 valence electrons. The van der Waals surface area contributed by atoms with Crippen molar-refractivity contribution in [3.05, 3.63) is 29.3 Å². The monoisotopic (exact) mass is 278 g/mol. The van der Waals surface area contributed by atoms with E-state index >= 15 is 0 Å². The smallest absolute Gasteiger partial charge is 0.255 e. The van der Waals surface area contributed by atoms with Crippen molar-refractivity contribution < 1.29 is 9.53 Å². The first-order valence-corrected chi connectivity index (χ1v) is 7.27. The number of hydrogen-bond donors (Lipinski definition) is 1. The Kier molecular flexibility index (Phi) is 7.09. The van der Waals surface area contributed by atoms with E-state index < -0.39 is 0 Å². The number of hydrogen-bond acceptors (Lipinski definition) is 3. The summed E-state index contributed by atoms with van der Waals surface area (Å²) in [5.41, 5.74) is 2.79. The Hall–Kier alpha value is -1.55. The van der Waals surface area contributed by atoms with Crippen LogP contribution in [0.1, 0.15) is 36.2 Å². The van der Waals surface area contributed by atoms with Crippen molar-refractivity contribution in [3.63, 3.8) is 0 Å². The Morgan fingerprint density at radius 1 is 1.35 bits per heavy atom. The van der Waals surface area contributed by atoms with Gasteiger partial charge in [0.2, 0.25) is 0 Å². The molecule has 0 spiro atoms. The van der Waals surface area contributed by atoms with Crippen LogP contribution in [0.2, 0.25) is 0 Å². The fraction of sp³-hybridized carbons (Fsp3) is 0.562. The third kappa shape index (κ3) is 4.85. The van der Waals surface area contributed by atoms with Crippen molar-refractivity contribution in [1.29, 1.82) is 0 Å². The van der Waals surface area contributed by atoms with E-state index in [0.29, 0.717) is 19.8 Å². The Balaban J connectivity index is 2.79. The summed E-state index contributed by atoms with van der Waals surface area (Å²) < 4.78 is 5.29. The van der Waals surface area contributed by atoms with Crippen LogP contribution in [0, 0.1) is 6.92 Å². The highest BCUT2D eigenvalue weighted by molar-refractivity contribution is 5.99. The second kappa shape index (κ2) is 8.59. The molecule has 1 aromatic rings. The lowest BCUT2D eigenvalue weighted by Gasteiger charge is -2.19. The predicted molar refractivity (Wildman–Crippen MR) is 83.4 cm³/mol. The van der Waals surface area contributed by atoms with E-state index in [1.54, 1.807) is 4.90 Å². The van der Waals surface area contributed by atoms with Crippen molar-refractivity contribution >= 4 is 11.6 Å². The maximum Gasteiger partial charge on any atom is 0.255 e. The van der Waals surface area contributed by atoms with Crippen molar-refractivity contribution in [1.82, 2.24) is 4.90 Å². The van der Waals surface area contributed by atoms with Gasteiger partial charge in [-0.1, -0.05) is 13.0 Å². The molecular weight excluding hydrogens is 252 g/mol. The summed E-state index contributed by atoms with van der Waals surface area (Å²) in [5, 5.41) is 3.33. The number of nitrogens with one attached hydrogen (secondary N) is 1. The highest BCUT2D eigenvalue weighted by Gasteiger charge is 2.15. The van der Waals surface area contributed by atoms with Gasteiger partial charge in [-0.2, -0.15) is 0 Å². The highest BCUT2D eigenvalue weighted by atomic mass is 16.5. The van der Waals surface area contributed by atoms with Crippen LogP contribution in [0.4, 0.5) is 5.69 Å². The zero-order chi connectivity index (χ0) is 15.0. The molecule has 0 heterocycles. The maximum atomic E-state index is 12.5. The molecule has 0 bridgehead atoms. The first kappa shape index (κ1) is 16.5. The van der Waals surface area contributed by atoms with Gasteiger partial charge in [-0.05, 0) is 38.0 Å². The molecule has 1 rings (SSSR count). The fourth-order valence-electron chi connectivity index (χ4n) is 1.90. The van der Waals surface area contributed by atoms with E-state index in [-0.39, 0.29) is 5.91 Å². The second-order valence-electron chi connectivity index (χ2n) is 4.90. The number of rotatable bonds is 8. The van der Waals surface area contributed by atoms with E-state index in [9.17, 15) is 4.79 Å². The molecule has 0 fully saturated rings. The molecule has 1 amide bonds. The lowest BCUT2D eigenvalue weighted by molar-refractivity contribution is 0.0711. The number of amides is 1. The lowest BCUT2D eigenvalue weighted by atomic mass is 10.1. The number of benzene rings is 1. The Morgan fingerprint density at radius 3 is 2.75 bits per heavy atom. The molecule has 4 heteroatoms. The SMILES string of the molecule is CCCNc1cc(C)ccc1C(=O)N(C)CCOCC. The average Bonchev–Trinajstić information content (AvgIpc) is 2.44. The highest BCUT2D eigenvalue weighted by Crippen LogP contribution is 2.19. The van der Waals surface area contributed by atoms with Crippen molar-refractivity contribution in [2.75, 3.05) is 38.7 Å². The minimum atomic E-state index is 0.0308. The Bertz CT molecular complexity index is 432. The third-order valence-corrected chi connectivity index (χ3v) is 3.09. The first-order chi connectivity index (χ1) is 9.60. The molecule has 1 aromatic carbocycles. The minimum absolute atomic E-state index is 0.0308. The molecule has 4 nitrogen and oxygen atoms in total. The molecule has 0 unspecified atom stereocenters. The molecule has 20 heavy (non-hydrogen) atoms. The van der Waals surface area contributed by atoms with Crippen LogP contribution in [0.3, 0.4) is 0 Å². The summed E-state index contributed by atoms with van der Waals surface area (Å²) in [5.74, 6) is 0.0308. The number of carbonyl (C=O) groups excluding carboxylic acids is 1. The zero-order valence-electron chi connectivity index (χ0n) is 13.0. The van der Waals surface area contributed by atoms with Crippen LogP contribution in [0.15, 0.2) is 18.2 Å². The molecule has 1 N–H and O–H groups in total. The molecule has 0 atom stereocenters. The topological polar surface area (TPSA) is 41.6 Å². The summed E-state index contributed by atoms with van der Waals surface area (Å²) in [4.78, 5) is 14.2. The van der Waals surface area contributed by atoms with Crippen LogP contribution in [0.5, 0.6) is 0 Å². The van der Waals surface area contributed by atoms with Gasteiger partial charge in [0.15, 0.2) is 0 Å². The Morgan fingerprint density at radius 2 is 2.10 bits per heavy atom. The van der Waals surface area contributed by atoms with Crippen LogP contribution in [0.25, 0.3) is 0 Å². The molecule has 0 aliphatic carbocycles. The fourth-order valence-corrected chi connectivity index (χ4v) is 1.90. The summed E-state index contributed by atoms with van der Waals surface area (Å²) in [7, 11) is 1.81. The summed E-state index contributed by atoms with van der Waals surface area (Å²) in [6.07, 6.45) is 1.03. The second-order valence-corrected chi connectivity index (χ2v) is 4.90. The van der Waals surface area contributed by atoms with Gasteiger partial charge in [-0.25, -0.2) is 0 Å². The van der Waals surface area contributed by atoms with E-state index in [4.69, 9.17) is 4.74 Å². The quantitative estimate of drug-likeness (QED) is 0.743. The van der Waals surface area contributed by atoms with Crippen LogP contribution >= 0.6 is 0 Å². The Labute approximate surface area is 122 Å². The van der Waals surface area contributed by atoms with Gasteiger partial charge in [0, 0.05) is 32.4 Å². The number of anilines is 1. The molecule has 0 aliphatic rings. The van der Waals surface area contributed by atoms with Gasteiger partial charge in [0.1, 0.15) is 0 Å². The summed E-state index contributed by atoms with van der Waals surface area (Å²) in [6, 6.07) is 5.90. The van der Waals surface area contributed by atoms with Crippen LogP contribution in [-0.4, -0.2) is 44.2 Å². The first-order valence-electron chi connectivity index (χ1n) is 7.27. The largest absolute Gasteiger partial charge is 0.384 e. The molecule has 0 saturated carbocycles. The third-order valence-electron chi connectivity index (χ3n) is 3.09.